The molecule has 1 heterocycles. The SMILES string of the molecule is C=C(CCC1CO1)C(=O)OC(=O)C(=Cc1cccc2cc3ccccc3c(C=N)c12)CC.C=C(CCO)C(=O)O. The quantitative estimate of drug-likeness (QED) is 0.0715. The molecular formula is C32H33NO7. The fourth-order valence-electron chi connectivity index (χ4n) is 4.09. The molecule has 1 aliphatic rings. The van der Waals surface area contributed by atoms with Gasteiger partial charge in [-0.1, -0.05) is 62.5 Å². The highest BCUT2D eigenvalue weighted by atomic mass is 16.6. The topological polar surface area (TPSA) is 137 Å². The van der Waals surface area contributed by atoms with Crippen LogP contribution in [0, 0.1) is 5.41 Å². The zero-order chi connectivity index (χ0) is 29.2. The molecule has 0 aromatic heterocycles. The van der Waals surface area contributed by atoms with Crippen LogP contribution in [0.15, 0.2) is 78.4 Å². The predicted octanol–water partition coefficient (Wildman–Crippen LogP) is 5.60. The summed E-state index contributed by atoms with van der Waals surface area (Å²) < 4.78 is 10.2. The molecule has 40 heavy (non-hydrogen) atoms. The molecule has 0 saturated carbocycles. The number of nitrogens with one attached hydrogen (secondary N) is 1. The number of rotatable bonds is 11. The van der Waals surface area contributed by atoms with Gasteiger partial charge in [0.1, 0.15) is 0 Å². The van der Waals surface area contributed by atoms with E-state index in [0.29, 0.717) is 31.4 Å². The van der Waals surface area contributed by atoms with E-state index in [1.165, 1.54) is 6.21 Å². The molecule has 3 N–H and O–H groups in total. The third kappa shape index (κ3) is 7.81. The Morgan fingerprint density at radius 1 is 1.05 bits per heavy atom. The molecule has 3 aromatic carbocycles. The number of carbonyl (C=O) groups excluding carboxylic acids is 2. The molecule has 1 saturated heterocycles. The normalized spacial score (nSPS) is 14.2. The summed E-state index contributed by atoms with van der Waals surface area (Å²) in [6.45, 7) is 9.33. The summed E-state index contributed by atoms with van der Waals surface area (Å²) in [4.78, 5) is 34.9. The number of carboxylic acids is 1. The van der Waals surface area contributed by atoms with Gasteiger partial charge in [0.25, 0.3) is 0 Å². The van der Waals surface area contributed by atoms with Gasteiger partial charge < -0.3 is 25.1 Å². The highest BCUT2D eigenvalue weighted by molar-refractivity contribution is 6.15. The van der Waals surface area contributed by atoms with E-state index in [4.69, 9.17) is 25.1 Å². The standard InChI is InChI=1S/C27H25NO4.C5H8O3/c1-3-18(27(30)32-26(29)17(2)11-12-22-16-31-22)13-20-8-6-9-21-14-19-7-4-5-10-23(19)24(15-28)25(20)21;1-4(2-3-6)5(7)8/h4-10,13-15,22,28H,2-3,11-12,16H2,1H3;6H,1-3H2,(H,7,8). The van der Waals surface area contributed by atoms with Crippen LogP contribution in [-0.2, 0) is 23.9 Å². The molecule has 3 aromatic rings. The molecule has 8 nitrogen and oxygen atoms in total. The maximum Gasteiger partial charge on any atom is 0.341 e. The van der Waals surface area contributed by atoms with Gasteiger partial charge in [-0.25, -0.2) is 14.4 Å². The van der Waals surface area contributed by atoms with Crippen LogP contribution in [0.3, 0.4) is 0 Å². The number of epoxide rings is 1. The minimum absolute atomic E-state index is 0.0486. The Hall–Kier alpha value is -4.40. The largest absolute Gasteiger partial charge is 0.478 e. The molecule has 1 atom stereocenters. The minimum atomic E-state index is -1.04. The van der Waals surface area contributed by atoms with E-state index in [9.17, 15) is 14.4 Å². The van der Waals surface area contributed by atoms with Crippen LogP contribution in [0.25, 0.3) is 27.6 Å². The minimum Gasteiger partial charge on any atom is -0.478 e. The van der Waals surface area contributed by atoms with Gasteiger partial charge in [-0.15, -0.1) is 0 Å². The molecule has 0 amide bonds. The van der Waals surface area contributed by atoms with Crippen molar-refractivity contribution in [1.82, 2.24) is 0 Å². The fraction of sp³-hybridized carbons (Fsp3) is 0.250. The van der Waals surface area contributed by atoms with Crippen LogP contribution in [0.5, 0.6) is 0 Å². The third-order valence-corrected chi connectivity index (χ3v) is 6.44. The average molecular weight is 544 g/mol. The van der Waals surface area contributed by atoms with Crippen LogP contribution in [0.4, 0.5) is 0 Å². The Labute approximate surface area is 232 Å². The lowest BCUT2D eigenvalue weighted by Gasteiger charge is -2.12. The van der Waals surface area contributed by atoms with Gasteiger partial charge in [-0.05, 0) is 58.5 Å². The van der Waals surface area contributed by atoms with E-state index in [1.807, 2.05) is 49.4 Å². The number of hydrogen-bond acceptors (Lipinski definition) is 7. The van der Waals surface area contributed by atoms with Crippen molar-refractivity contribution in [3.8, 4) is 0 Å². The predicted molar refractivity (Wildman–Crippen MR) is 155 cm³/mol. The molecule has 4 rings (SSSR count). The first-order valence-electron chi connectivity index (χ1n) is 12.9. The van der Waals surface area contributed by atoms with Crippen LogP contribution >= 0.6 is 0 Å². The number of carboxylic acid groups (broad SMARTS) is 1. The van der Waals surface area contributed by atoms with E-state index >= 15 is 0 Å². The molecular weight excluding hydrogens is 510 g/mol. The van der Waals surface area contributed by atoms with Crippen molar-refractivity contribution in [2.45, 2.75) is 38.7 Å². The lowest BCUT2D eigenvalue weighted by Crippen LogP contribution is -2.16. The molecule has 0 spiro atoms. The molecule has 1 aliphatic heterocycles. The second-order valence-corrected chi connectivity index (χ2v) is 9.28. The van der Waals surface area contributed by atoms with Crippen molar-refractivity contribution < 1.29 is 34.1 Å². The number of aliphatic carboxylic acids is 1. The van der Waals surface area contributed by atoms with E-state index < -0.39 is 17.9 Å². The molecule has 208 valence electrons. The fourth-order valence-corrected chi connectivity index (χ4v) is 4.09. The monoisotopic (exact) mass is 543 g/mol. The third-order valence-electron chi connectivity index (χ3n) is 6.44. The average Bonchev–Trinajstić information content (AvgIpc) is 3.78. The Morgan fingerprint density at radius 2 is 1.75 bits per heavy atom. The van der Waals surface area contributed by atoms with Gasteiger partial charge in [-0.2, -0.15) is 0 Å². The first kappa shape index (κ1) is 30.1. The molecule has 8 heteroatoms. The summed E-state index contributed by atoms with van der Waals surface area (Å²) in [6, 6.07) is 15.8. The van der Waals surface area contributed by atoms with Crippen molar-refractivity contribution >= 4 is 51.7 Å². The number of ether oxygens (including phenoxy) is 2. The van der Waals surface area contributed by atoms with Crippen LogP contribution in [0.1, 0.15) is 43.7 Å². The summed E-state index contributed by atoms with van der Waals surface area (Å²) in [5.74, 6) is -2.41. The van der Waals surface area contributed by atoms with Gasteiger partial charge >= 0.3 is 17.9 Å². The smallest absolute Gasteiger partial charge is 0.341 e. The maximum absolute atomic E-state index is 12.7. The van der Waals surface area contributed by atoms with Gasteiger partial charge in [0.05, 0.1) is 12.7 Å². The van der Waals surface area contributed by atoms with E-state index in [1.54, 1.807) is 6.08 Å². The number of benzene rings is 3. The van der Waals surface area contributed by atoms with E-state index in [-0.39, 0.29) is 30.3 Å². The van der Waals surface area contributed by atoms with Crippen LogP contribution in [0.2, 0.25) is 0 Å². The summed E-state index contributed by atoms with van der Waals surface area (Å²) in [6.07, 6.45) is 4.99. The van der Waals surface area contributed by atoms with Crippen molar-refractivity contribution in [1.29, 1.82) is 5.41 Å². The molecule has 1 fully saturated rings. The Bertz CT molecular complexity index is 1500. The van der Waals surface area contributed by atoms with E-state index in [2.05, 4.69) is 19.2 Å². The van der Waals surface area contributed by atoms with Crippen molar-refractivity contribution in [2.24, 2.45) is 0 Å². The number of aliphatic hydroxyl groups is 1. The highest BCUT2D eigenvalue weighted by Crippen LogP contribution is 2.31. The Balaban J connectivity index is 0.000000482. The van der Waals surface area contributed by atoms with Gasteiger partial charge in [0.15, 0.2) is 0 Å². The van der Waals surface area contributed by atoms with Crippen molar-refractivity contribution in [3.63, 3.8) is 0 Å². The van der Waals surface area contributed by atoms with E-state index in [0.717, 1.165) is 32.7 Å². The Kier molecular flexibility index (Phi) is 10.6. The maximum atomic E-state index is 12.7. The number of esters is 2. The molecule has 0 bridgehead atoms. The van der Waals surface area contributed by atoms with Crippen molar-refractivity contribution in [3.05, 3.63) is 89.5 Å². The van der Waals surface area contributed by atoms with Gasteiger partial charge in [0.2, 0.25) is 0 Å². The summed E-state index contributed by atoms with van der Waals surface area (Å²) in [5.41, 5.74) is 2.30. The lowest BCUT2D eigenvalue weighted by atomic mass is 9.93. The lowest BCUT2D eigenvalue weighted by molar-refractivity contribution is -0.154. The van der Waals surface area contributed by atoms with Gasteiger partial charge in [-0.3, -0.25) is 0 Å². The van der Waals surface area contributed by atoms with Crippen LogP contribution in [-0.4, -0.2) is 53.7 Å². The number of fused-ring (bicyclic) bond motifs is 2. The second kappa shape index (κ2) is 14.1. The highest BCUT2D eigenvalue weighted by Gasteiger charge is 2.24. The first-order valence-corrected chi connectivity index (χ1v) is 12.9. The second-order valence-electron chi connectivity index (χ2n) is 9.28. The Morgan fingerprint density at radius 3 is 2.35 bits per heavy atom. The molecule has 1 unspecified atom stereocenters. The zero-order valence-electron chi connectivity index (χ0n) is 22.4. The molecule has 0 aliphatic carbocycles. The first-order chi connectivity index (χ1) is 19.2. The zero-order valence-corrected chi connectivity index (χ0v) is 22.4. The number of hydrogen-bond donors (Lipinski definition) is 3. The number of aliphatic hydroxyl groups excluding tert-OH is 1. The van der Waals surface area contributed by atoms with Crippen molar-refractivity contribution in [2.75, 3.05) is 13.2 Å². The summed E-state index contributed by atoms with van der Waals surface area (Å²) >= 11 is 0. The summed E-state index contributed by atoms with van der Waals surface area (Å²) in [7, 11) is 0. The van der Waals surface area contributed by atoms with Gasteiger partial charge in [0, 0.05) is 41.5 Å². The van der Waals surface area contributed by atoms with Crippen LogP contribution < -0.4 is 0 Å². The molecule has 0 radical (unpaired) electrons. The number of carbonyl (C=O) groups is 3. The summed E-state index contributed by atoms with van der Waals surface area (Å²) in [5, 5.41) is 28.2.